The summed E-state index contributed by atoms with van der Waals surface area (Å²) < 4.78 is 5.55. The van der Waals surface area contributed by atoms with E-state index in [4.69, 9.17) is 21.9 Å². The number of benzene rings is 1. The molecule has 1 aromatic rings. The third-order valence-corrected chi connectivity index (χ3v) is 10.3. The van der Waals surface area contributed by atoms with Crippen LogP contribution in [0.25, 0.3) is 0 Å². The molecule has 1 aromatic carbocycles. The second-order valence-corrected chi connectivity index (χ2v) is 17.6. The lowest BCUT2D eigenvalue weighted by Crippen LogP contribution is -2.65. The summed E-state index contributed by atoms with van der Waals surface area (Å²) in [6.45, 7) is 11.4. The zero-order chi connectivity index (χ0) is 48.3. The molecule has 1 fully saturated rings. The Kier molecular flexibility index (Phi) is 23.3. The summed E-state index contributed by atoms with van der Waals surface area (Å²) in [5.74, 6) is -7.55. The van der Waals surface area contributed by atoms with Crippen molar-refractivity contribution in [3.05, 3.63) is 35.9 Å². The van der Waals surface area contributed by atoms with Gasteiger partial charge >= 0.3 is 5.97 Å². The molecule has 360 valence electrons. The number of esters is 1. The number of hydrogen-bond acceptors (Lipinski definition) is 14. The van der Waals surface area contributed by atoms with Crippen molar-refractivity contribution in [1.82, 2.24) is 37.2 Å². The molecular formula is C43H72N10O11. The normalized spacial score (nSPS) is 22.2. The maximum atomic E-state index is 13.9. The molecule has 1 aliphatic rings. The SMILES string of the molecule is CC(C)C[C@@H]1NC(=O)[C@@H](C)NC(=O)[C@@H](NC(=O)[C@H](CO)NC(=O)[C@@H](CCCCN)NC(=O)[C@@H](CC(C)C)NC(=O)[C@@H](N)Cc2ccccc2)[C@H](C(N)O)OC(=O)[C@@H](CC(C)C)NC1=O. The number of nitrogens with one attached hydrogen (secondary N) is 7. The number of nitrogens with two attached hydrogens (primary N) is 3. The zero-order valence-corrected chi connectivity index (χ0v) is 38.1. The van der Waals surface area contributed by atoms with Crippen molar-refractivity contribution < 1.29 is 53.3 Å². The molecule has 21 heteroatoms. The number of hydrogen-bond donors (Lipinski definition) is 12. The van der Waals surface area contributed by atoms with E-state index >= 15 is 0 Å². The van der Waals surface area contributed by atoms with E-state index in [9.17, 15) is 48.6 Å². The van der Waals surface area contributed by atoms with Crippen molar-refractivity contribution >= 4 is 47.3 Å². The van der Waals surface area contributed by atoms with E-state index in [1.165, 1.54) is 6.92 Å². The summed E-state index contributed by atoms with van der Waals surface area (Å²) >= 11 is 0. The standard InChI is InChI=1S/C43H72N10O11/c1-22(2)17-29-40(60)51-31(19-24(5)6)43(63)64-34(35(46)55)33(42(62)47-25(7)36(56)49-29)53-41(61)32(21-54)52-38(58)28(15-11-12-16-44)48-39(59)30(18-23(3)4)50-37(57)27(45)20-26-13-9-8-10-14-26/h8-10,13-14,22-25,27-35,54-55H,11-12,15-21,44-46H2,1-7H3,(H,47,62)(H,48,59)(H,49,56)(H,50,57)(H,51,60)(H,52,58)(H,53,61)/t25-,27+,28-,29+,30-,31-,32+,33+,34-,35?/m1/s1. The predicted molar refractivity (Wildman–Crippen MR) is 236 cm³/mol. The Morgan fingerprint density at radius 3 is 1.84 bits per heavy atom. The highest BCUT2D eigenvalue weighted by Crippen LogP contribution is 2.15. The number of unbranched alkanes of at least 4 members (excludes halogenated alkanes) is 1. The third kappa shape index (κ3) is 18.5. The molecule has 7 amide bonds. The Morgan fingerprint density at radius 2 is 1.28 bits per heavy atom. The van der Waals surface area contributed by atoms with Gasteiger partial charge in [0.25, 0.3) is 0 Å². The number of carbonyl (C=O) groups excluding carboxylic acids is 8. The lowest BCUT2D eigenvalue weighted by Gasteiger charge is -2.32. The highest BCUT2D eigenvalue weighted by atomic mass is 16.6. The number of carbonyl (C=O) groups is 8. The van der Waals surface area contributed by atoms with Crippen molar-refractivity contribution in [1.29, 1.82) is 0 Å². The van der Waals surface area contributed by atoms with Crippen molar-refractivity contribution in [3.63, 3.8) is 0 Å². The molecule has 2 rings (SSSR count). The van der Waals surface area contributed by atoms with Crippen molar-refractivity contribution in [2.75, 3.05) is 13.2 Å². The molecule has 10 atom stereocenters. The van der Waals surface area contributed by atoms with Crippen LogP contribution in [-0.2, 0) is 49.5 Å². The Hall–Kier alpha value is -5.22. The number of amides is 7. The van der Waals surface area contributed by atoms with Gasteiger partial charge in [-0.3, -0.25) is 33.6 Å². The minimum absolute atomic E-state index is 0.0267. The summed E-state index contributed by atoms with van der Waals surface area (Å²) in [6, 6.07) is -1.97. The number of ether oxygens (including phenoxy) is 1. The lowest BCUT2D eigenvalue weighted by molar-refractivity contribution is -0.164. The van der Waals surface area contributed by atoms with Crippen LogP contribution in [0.1, 0.15) is 92.6 Å². The largest absolute Gasteiger partial charge is 0.454 e. The van der Waals surface area contributed by atoms with Crippen LogP contribution in [0.5, 0.6) is 0 Å². The molecule has 0 radical (unpaired) electrons. The average molecular weight is 905 g/mol. The highest BCUT2D eigenvalue weighted by molar-refractivity contribution is 5.98. The number of aliphatic hydroxyl groups excluding tert-OH is 2. The molecular weight excluding hydrogens is 833 g/mol. The highest BCUT2D eigenvalue weighted by Gasteiger charge is 2.42. The maximum Gasteiger partial charge on any atom is 0.329 e. The van der Waals surface area contributed by atoms with Gasteiger partial charge < -0.3 is 69.4 Å². The van der Waals surface area contributed by atoms with E-state index in [0.717, 1.165) is 5.56 Å². The topological polar surface area (TPSA) is 349 Å². The van der Waals surface area contributed by atoms with Crippen LogP contribution in [0.3, 0.4) is 0 Å². The monoisotopic (exact) mass is 905 g/mol. The molecule has 64 heavy (non-hydrogen) atoms. The summed E-state index contributed by atoms with van der Waals surface area (Å²) in [5.41, 5.74) is 18.5. The summed E-state index contributed by atoms with van der Waals surface area (Å²) in [5, 5.41) is 38.6. The first-order valence-electron chi connectivity index (χ1n) is 21.9. The van der Waals surface area contributed by atoms with Crippen LogP contribution in [-0.4, -0.2) is 131 Å². The molecule has 15 N–H and O–H groups in total. The van der Waals surface area contributed by atoms with E-state index in [1.807, 2.05) is 58.0 Å². The van der Waals surface area contributed by atoms with E-state index in [0.29, 0.717) is 12.8 Å². The van der Waals surface area contributed by atoms with E-state index < -0.39 is 115 Å². The van der Waals surface area contributed by atoms with Gasteiger partial charge in [0.2, 0.25) is 41.4 Å². The van der Waals surface area contributed by atoms with Crippen molar-refractivity contribution in [2.45, 2.75) is 154 Å². The van der Waals surface area contributed by atoms with Crippen LogP contribution in [0, 0.1) is 17.8 Å². The fourth-order valence-electron chi connectivity index (χ4n) is 6.87. The first-order chi connectivity index (χ1) is 30.1. The van der Waals surface area contributed by atoms with Crippen LogP contribution < -0.4 is 54.4 Å². The quantitative estimate of drug-likeness (QED) is 0.0324. The van der Waals surface area contributed by atoms with Crippen LogP contribution >= 0.6 is 0 Å². The zero-order valence-electron chi connectivity index (χ0n) is 38.1. The number of rotatable bonds is 22. The van der Waals surface area contributed by atoms with Gasteiger partial charge in [0.05, 0.1) is 12.6 Å². The second-order valence-electron chi connectivity index (χ2n) is 17.6. The van der Waals surface area contributed by atoms with E-state index in [2.05, 4.69) is 37.2 Å². The van der Waals surface area contributed by atoms with Gasteiger partial charge in [-0.1, -0.05) is 71.9 Å². The minimum Gasteiger partial charge on any atom is -0.454 e. The predicted octanol–water partition coefficient (Wildman–Crippen LogP) is -2.57. The molecule has 1 heterocycles. The maximum absolute atomic E-state index is 13.9. The summed E-state index contributed by atoms with van der Waals surface area (Å²) in [4.78, 5) is 109. The molecule has 0 aliphatic carbocycles. The van der Waals surface area contributed by atoms with Gasteiger partial charge in [-0.2, -0.15) is 0 Å². The molecule has 0 aromatic heterocycles. The smallest absolute Gasteiger partial charge is 0.329 e. The van der Waals surface area contributed by atoms with Gasteiger partial charge in [0.15, 0.2) is 6.10 Å². The summed E-state index contributed by atoms with van der Waals surface area (Å²) in [7, 11) is 0. The Labute approximate surface area is 375 Å². The van der Waals surface area contributed by atoms with Gasteiger partial charge in [0, 0.05) is 0 Å². The first kappa shape index (κ1) is 54.9. The molecule has 21 nitrogen and oxygen atoms in total. The van der Waals surface area contributed by atoms with Crippen molar-refractivity contribution in [3.8, 4) is 0 Å². The minimum atomic E-state index is -2.13. The van der Waals surface area contributed by atoms with Crippen LogP contribution in [0.15, 0.2) is 30.3 Å². The molecule has 1 saturated heterocycles. The fourth-order valence-corrected chi connectivity index (χ4v) is 6.87. The summed E-state index contributed by atoms with van der Waals surface area (Å²) in [6.07, 6.45) is -2.73. The van der Waals surface area contributed by atoms with Gasteiger partial charge in [0.1, 0.15) is 48.5 Å². The molecule has 1 aliphatic heterocycles. The van der Waals surface area contributed by atoms with Crippen LogP contribution in [0.2, 0.25) is 0 Å². The Morgan fingerprint density at radius 1 is 0.719 bits per heavy atom. The number of aliphatic hydroxyl groups is 2. The fraction of sp³-hybridized carbons (Fsp3) is 0.674. The van der Waals surface area contributed by atoms with Crippen LogP contribution in [0.4, 0.5) is 0 Å². The van der Waals surface area contributed by atoms with Gasteiger partial charge in [-0.15, -0.1) is 0 Å². The molecule has 0 spiro atoms. The molecule has 1 unspecified atom stereocenters. The second kappa shape index (κ2) is 27.2. The molecule has 0 bridgehead atoms. The van der Waals surface area contributed by atoms with Gasteiger partial charge in [-0.25, -0.2) is 4.79 Å². The number of cyclic esters (lactones) is 1. The Bertz CT molecular complexity index is 1710. The first-order valence-corrected chi connectivity index (χ1v) is 21.9. The van der Waals surface area contributed by atoms with Gasteiger partial charge in [-0.05, 0) is 81.7 Å². The average Bonchev–Trinajstić information content (AvgIpc) is 3.22. The van der Waals surface area contributed by atoms with E-state index in [-0.39, 0.29) is 56.4 Å². The molecule has 0 saturated carbocycles. The Balaban J connectivity index is 2.42. The lowest BCUT2D eigenvalue weighted by atomic mass is 10.00. The third-order valence-electron chi connectivity index (χ3n) is 10.3. The van der Waals surface area contributed by atoms with Crippen molar-refractivity contribution in [2.24, 2.45) is 35.0 Å². The van der Waals surface area contributed by atoms with E-state index in [1.54, 1.807) is 13.8 Å².